The van der Waals surface area contributed by atoms with E-state index in [1.165, 1.54) is 10.9 Å². The van der Waals surface area contributed by atoms with Gasteiger partial charge in [-0.05, 0) is 19.3 Å². The van der Waals surface area contributed by atoms with E-state index >= 15 is 0 Å². The highest BCUT2D eigenvalue weighted by Gasteiger charge is 2.32. The van der Waals surface area contributed by atoms with Crippen molar-refractivity contribution in [1.82, 2.24) is 9.78 Å². The zero-order valence-electron chi connectivity index (χ0n) is 9.78. The lowest BCUT2D eigenvalue weighted by molar-refractivity contribution is 0.0861. The smallest absolute Gasteiger partial charge is 0.254 e. The highest BCUT2D eigenvalue weighted by molar-refractivity contribution is 5.96. The van der Waals surface area contributed by atoms with Crippen LogP contribution in [0.25, 0.3) is 0 Å². The molecular formula is C11H15N5O2. The predicted octanol–water partition coefficient (Wildman–Crippen LogP) is -0.210. The van der Waals surface area contributed by atoms with Crippen LogP contribution in [0, 0.1) is 17.2 Å². The van der Waals surface area contributed by atoms with Crippen molar-refractivity contribution in [2.45, 2.75) is 31.4 Å². The maximum atomic E-state index is 11.1. The van der Waals surface area contributed by atoms with E-state index < -0.39 is 12.0 Å². The maximum Gasteiger partial charge on any atom is 0.254 e. The number of amides is 1. The third kappa shape index (κ3) is 2.15. The van der Waals surface area contributed by atoms with Crippen LogP contribution in [0.2, 0.25) is 0 Å². The highest BCUT2D eigenvalue weighted by atomic mass is 16.3. The summed E-state index contributed by atoms with van der Waals surface area (Å²) in [6.07, 6.45) is 2.67. The highest BCUT2D eigenvalue weighted by Crippen LogP contribution is 2.34. The first-order valence-corrected chi connectivity index (χ1v) is 5.75. The van der Waals surface area contributed by atoms with Crippen LogP contribution in [0.5, 0.6) is 0 Å². The molecule has 96 valence electrons. The Labute approximate surface area is 104 Å². The maximum absolute atomic E-state index is 11.1. The molecule has 1 aliphatic carbocycles. The first kappa shape index (κ1) is 12.4. The van der Waals surface area contributed by atoms with Crippen LogP contribution < -0.4 is 11.5 Å². The summed E-state index contributed by atoms with van der Waals surface area (Å²) in [5, 5.41) is 22.7. The topological polar surface area (TPSA) is 131 Å². The molecule has 5 N–H and O–H groups in total. The number of primary amides is 1. The van der Waals surface area contributed by atoms with Crippen LogP contribution >= 0.6 is 0 Å². The fourth-order valence-corrected chi connectivity index (χ4v) is 2.35. The van der Waals surface area contributed by atoms with Crippen molar-refractivity contribution in [1.29, 1.82) is 5.26 Å². The van der Waals surface area contributed by atoms with Gasteiger partial charge in [0.15, 0.2) is 5.82 Å². The third-order valence-electron chi connectivity index (χ3n) is 3.32. The number of hydrogen-bond donors (Lipinski definition) is 3. The Morgan fingerprint density at radius 2 is 2.33 bits per heavy atom. The van der Waals surface area contributed by atoms with Crippen molar-refractivity contribution < 1.29 is 9.90 Å². The molecule has 0 aromatic carbocycles. The van der Waals surface area contributed by atoms with Gasteiger partial charge in [0.25, 0.3) is 5.91 Å². The van der Waals surface area contributed by atoms with Crippen LogP contribution in [0.4, 0.5) is 5.82 Å². The van der Waals surface area contributed by atoms with Gasteiger partial charge < -0.3 is 16.6 Å². The van der Waals surface area contributed by atoms with E-state index in [9.17, 15) is 9.90 Å². The van der Waals surface area contributed by atoms with E-state index in [0.29, 0.717) is 19.3 Å². The molecule has 1 amide bonds. The third-order valence-corrected chi connectivity index (χ3v) is 3.32. The summed E-state index contributed by atoms with van der Waals surface area (Å²) in [6, 6.07) is 1.99. The van der Waals surface area contributed by atoms with Gasteiger partial charge in [-0.1, -0.05) is 0 Å². The van der Waals surface area contributed by atoms with Crippen molar-refractivity contribution in [3.05, 3.63) is 11.8 Å². The predicted molar refractivity (Wildman–Crippen MR) is 63.2 cm³/mol. The number of aromatic nitrogens is 2. The summed E-state index contributed by atoms with van der Waals surface area (Å²) in [5.41, 5.74) is 10.9. The summed E-state index contributed by atoms with van der Waals surface area (Å²) in [5.74, 6) is -0.901. The van der Waals surface area contributed by atoms with Gasteiger partial charge in [-0.15, -0.1) is 0 Å². The van der Waals surface area contributed by atoms with E-state index in [2.05, 4.69) is 11.2 Å². The number of nitriles is 1. The van der Waals surface area contributed by atoms with Gasteiger partial charge >= 0.3 is 0 Å². The minimum absolute atomic E-state index is 0.0744. The number of carbonyl (C=O) groups excluding carboxylic acids is 1. The Balaban J connectivity index is 2.28. The number of anilines is 1. The Kier molecular flexibility index (Phi) is 3.21. The summed E-state index contributed by atoms with van der Waals surface area (Å²) in [4.78, 5) is 11.1. The van der Waals surface area contributed by atoms with E-state index in [1.807, 2.05) is 0 Å². The van der Waals surface area contributed by atoms with Crippen molar-refractivity contribution in [3.8, 4) is 6.07 Å². The molecule has 1 saturated carbocycles. The average molecular weight is 249 g/mol. The Morgan fingerprint density at radius 3 is 2.89 bits per heavy atom. The van der Waals surface area contributed by atoms with Gasteiger partial charge in [-0.3, -0.25) is 9.48 Å². The molecule has 1 heterocycles. The van der Waals surface area contributed by atoms with Gasteiger partial charge in [0.2, 0.25) is 0 Å². The molecule has 1 aromatic rings. The van der Waals surface area contributed by atoms with E-state index in [4.69, 9.17) is 16.7 Å². The van der Waals surface area contributed by atoms with E-state index in [1.54, 1.807) is 0 Å². The molecule has 0 radical (unpaired) electrons. The normalized spacial score (nSPS) is 27.7. The molecule has 7 nitrogen and oxygen atoms in total. The summed E-state index contributed by atoms with van der Waals surface area (Å²) in [6.45, 7) is 0. The first-order chi connectivity index (χ1) is 8.52. The molecule has 2 rings (SSSR count). The average Bonchev–Trinajstić information content (AvgIpc) is 2.71. The van der Waals surface area contributed by atoms with Gasteiger partial charge in [-0.25, -0.2) is 0 Å². The number of aliphatic hydroxyl groups excluding tert-OH is 1. The lowest BCUT2D eigenvalue weighted by atomic mass is 9.84. The monoisotopic (exact) mass is 249 g/mol. The van der Waals surface area contributed by atoms with Gasteiger partial charge in [0, 0.05) is 6.20 Å². The van der Waals surface area contributed by atoms with Gasteiger partial charge in [-0.2, -0.15) is 10.4 Å². The SMILES string of the molecule is N#C[C@H]1C[C@@H](O)CC[C@@H]1n1cc(C(N)=O)c(N)n1. The number of rotatable bonds is 2. The molecule has 1 fully saturated rings. The Hall–Kier alpha value is -2.07. The number of carbonyl (C=O) groups is 1. The molecule has 0 bridgehead atoms. The summed E-state index contributed by atoms with van der Waals surface area (Å²) < 4.78 is 1.52. The van der Waals surface area contributed by atoms with Crippen LogP contribution in [0.15, 0.2) is 6.20 Å². The summed E-state index contributed by atoms with van der Waals surface area (Å²) in [7, 11) is 0. The van der Waals surface area contributed by atoms with Crippen LogP contribution in [0.1, 0.15) is 35.7 Å². The molecule has 18 heavy (non-hydrogen) atoms. The molecule has 3 atom stereocenters. The van der Waals surface area contributed by atoms with Crippen molar-refractivity contribution in [2.24, 2.45) is 11.7 Å². The zero-order chi connectivity index (χ0) is 13.3. The fraction of sp³-hybridized carbons (Fsp3) is 0.545. The lowest BCUT2D eigenvalue weighted by Crippen LogP contribution is -2.29. The Bertz CT molecular complexity index is 504. The van der Waals surface area contributed by atoms with E-state index in [0.717, 1.165) is 0 Å². The van der Waals surface area contributed by atoms with Crippen LogP contribution in [0.3, 0.4) is 0 Å². The van der Waals surface area contributed by atoms with Crippen molar-refractivity contribution in [2.75, 3.05) is 5.73 Å². The number of hydrogen-bond acceptors (Lipinski definition) is 5. The first-order valence-electron chi connectivity index (χ1n) is 5.75. The number of nitrogens with zero attached hydrogens (tertiary/aromatic N) is 3. The molecule has 0 unspecified atom stereocenters. The molecule has 0 spiro atoms. The van der Waals surface area contributed by atoms with Crippen LogP contribution in [-0.4, -0.2) is 26.9 Å². The largest absolute Gasteiger partial charge is 0.393 e. The molecule has 1 aromatic heterocycles. The number of nitrogen functional groups attached to an aromatic ring is 1. The molecule has 1 aliphatic rings. The molecule has 0 aliphatic heterocycles. The second-order valence-electron chi connectivity index (χ2n) is 4.54. The standard InChI is InChI=1S/C11H15N5O2/c12-4-6-3-7(17)1-2-9(6)16-5-8(11(14)18)10(13)15-16/h5-7,9,17H,1-3H2,(H2,13,15)(H2,14,18)/t6-,7+,9+/m1/s1. The van der Waals surface area contributed by atoms with E-state index in [-0.39, 0.29) is 23.3 Å². The lowest BCUT2D eigenvalue weighted by Gasteiger charge is -2.29. The van der Waals surface area contributed by atoms with Crippen molar-refractivity contribution in [3.63, 3.8) is 0 Å². The summed E-state index contributed by atoms with van der Waals surface area (Å²) >= 11 is 0. The molecule has 0 saturated heterocycles. The number of nitrogens with two attached hydrogens (primary N) is 2. The fourth-order valence-electron chi connectivity index (χ4n) is 2.35. The quantitative estimate of drug-likeness (QED) is 0.667. The second-order valence-corrected chi connectivity index (χ2v) is 4.54. The number of aliphatic hydroxyl groups is 1. The van der Waals surface area contributed by atoms with Gasteiger partial charge in [0.05, 0.1) is 24.1 Å². The second kappa shape index (κ2) is 4.66. The van der Waals surface area contributed by atoms with Gasteiger partial charge in [0.1, 0.15) is 5.56 Å². The molecular weight excluding hydrogens is 234 g/mol. The van der Waals surface area contributed by atoms with Crippen LogP contribution in [-0.2, 0) is 0 Å². The minimum atomic E-state index is -0.636. The van der Waals surface area contributed by atoms with Crippen molar-refractivity contribution >= 4 is 11.7 Å². The molecule has 7 heteroatoms. The zero-order valence-corrected chi connectivity index (χ0v) is 9.78. The Morgan fingerprint density at radius 1 is 1.61 bits per heavy atom. The minimum Gasteiger partial charge on any atom is -0.393 e.